The van der Waals surface area contributed by atoms with Crippen molar-refractivity contribution < 1.29 is 23.4 Å². The molecule has 0 bridgehead atoms. The number of hydrogen-bond donors (Lipinski definition) is 1. The Morgan fingerprint density at radius 3 is 2.62 bits per heavy atom. The summed E-state index contributed by atoms with van der Waals surface area (Å²) in [6.07, 6.45) is -1.16. The summed E-state index contributed by atoms with van der Waals surface area (Å²) >= 11 is 0. The van der Waals surface area contributed by atoms with Crippen LogP contribution in [0.15, 0.2) is 36.4 Å². The van der Waals surface area contributed by atoms with Gasteiger partial charge in [0.25, 0.3) is 5.91 Å². The third kappa shape index (κ3) is 2.97. The molecule has 3 rings (SSSR count). The van der Waals surface area contributed by atoms with Gasteiger partial charge in [-0.3, -0.25) is 4.79 Å². The smallest absolute Gasteiger partial charge is 0.256 e. The molecule has 24 heavy (non-hydrogen) atoms. The van der Waals surface area contributed by atoms with E-state index in [2.05, 4.69) is 0 Å². The van der Waals surface area contributed by atoms with Crippen LogP contribution in [0.25, 0.3) is 0 Å². The first kappa shape index (κ1) is 16.4. The predicted molar refractivity (Wildman–Crippen MR) is 83.4 cm³/mol. The molecule has 0 saturated carbocycles. The third-order valence-electron chi connectivity index (χ3n) is 4.25. The van der Waals surface area contributed by atoms with Crippen molar-refractivity contribution in [1.29, 1.82) is 0 Å². The SMILES string of the molecule is COc1cccc(C(O)C(=O)N2CCc3c(F)ccc(F)c3C2)c1. The first-order valence-electron chi connectivity index (χ1n) is 7.58. The average Bonchev–Trinajstić information content (AvgIpc) is 2.63. The normalized spacial score (nSPS) is 14.9. The summed E-state index contributed by atoms with van der Waals surface area (Å²) in [4.78, 5) is 13.9. The number of aliphatic hydroxyl groups is 1. The van der Waals surface area contributed by atoms with Crippen molar-refractivity contribution in [2.45, 2.75) is 19.1 Å². The zero-order chi connectivity index (χ0) is 17.3. The van der Waals surface area contributed by atoms with Gasteiger partial charge in [-0.05, 0) is 41.8 Å². The van der Waals surface area contributed by atoms with Crippen LogP contribution in [0.2, 0.25) is 0 Å². The van der Waals surface area contributed by atoms with Gasteiger partial charge in [-0.25, -0.2) is 8.78 Å². The molecule has 1 N–H and O–H groups in total. The molecule has 6 heteroatoms. The van der Waals surface area contributed by atoms with Gasteiger partial charge in [0.1, 0.15) is 17.4 Å². The number of nitrogens with zero attached hydrogens (tertiary/aromatic N) is 1. The fourth-order valence-electron chi connectivity index (χ4n) is 2.91. The predicted octanol–water partition coefficient (Wildman–Crippen LogP) is 2.59. The number of carbonyl (C=O) groups excluding carboxylic acids is 1. The van der Waals surface area contributed by atoms with Crippen LogP contribution in [-0.4, -0.2) is 29.6 Å². The molecule has 1 amide bonds. The molecule has 0 aromatic heterocycles. The van der Waals surface area contributed by atoms with Crippen LogP contribution in [0.5, 0.6) is 5.75 Å². The topological polar surface area (TPSA) is 49.8 Å². The Labute approximate surface area is 138 Å². The summed E-state index contributed by atoms with van der Waals surface area (Å²) in [5.41, 5.74) is 0.868. The molecular weight excluding hydrogens is 316 g/mol. The summed E-state index contributed by atoms with van der Waals surface area (Å²) in [5.74, 6) is -1.03. The van der Waals surface area contributed by atoms with Crippen molar-refractivity contribution >= 4 is 5.91 Å². The quantitative estimate of drug-likeness (QED) is 0.939. The standard InChI is InChI=1S/C18H17F2NO3/c1-24-12-4-2-3-11(9-12)17(22)18(23)21-8-7-13-14(10-21)16(20)6-5-15(13)19/h2-6,9,17,22H,7-8,10H2,1H3. The zero-order valence-corrected chi connectivity index (χ0v) is 13.1. The Morgan fingerprint density at radius 2 is 1.92 bits per heavy atom. The maximum absolute atomic E-state index is 13.9. The van der Waals surface area contributed by atoms with Gasteiger partial charge in [0.05, 0.1) is 7.11 Å². The molecule has 0 fully saturated rings. The zero-order valence-electron chi connectivity index (χ0n) is 13.1. The number of fused-ring (bicyclic) bond motifs is 1. The number of methoxy groups -OCH3 is 1. The van der Waals surface area contributed by atoms with Gasteiger partial charge in [0.15, 0.2) is 6.10 Å². The fourth-order valence-corrected chi connectivity index (χ4v) is 2.91. The number of aliphatic hydroxyl groups excluding tert-OH is 1. The highest BCUT2D eigenvalue weighted by Crippen LogP contribution is 2.27. The summed E-state index contributed by atoms with van der Waals surface area (Å²) in [6.45, 7) is 0.173. The largest absolute Gasteiger partial charge is 0.497 e. The lowest BCUT2D eigenvalue weighted by atomic mass is 9.97. The van der Waals surface area contributed by atoms with Gasteiger partial charge in [-0.15, -0.1) is 0 Å². The van der Waals surface area contributed by atoms with Crippen LogP contribution < -0.4 is 4.74 Å². The van der Waals surface area contributed by atoms with Crippen LogP contribution >= 0.6 is 0 Å². The molecule has 0 spiro atoms. The monoisotopic (exact) mass is 333 g/mol. The van der Waals surface area contributed by atoms with Gasteiger partial charge in [-0.2, -0.15) is 0 Å². The van der Waals surface area contributed by atoms with Gasteiger partial charge in [0.2, 0.25) is 0 Å². The van der Waals surface area contributed by atoms with Crippen molar-refractivity contribution in [2.24, 2.45) is 0 Å². The Morgan fingerprint density at radius 1 is 1.21 bits per heavy atom. The molecule has 1 aliphatic rings. The van der Waals surface area contributed by atoms with E-state index in [1.807, 2.05) is 0 Å². The maximum Gasteiger partial charge on any atom is 0.256 e. The number of halogens is 2. The van der Waals surface area contributed by atoms with Gasteiger partial charge in [-0.1, -0.05) is 12.1 Å². The number of rotatable bonds is 3. The average molecular weight is 333 g/mol. The molecule has 1 aliphatic heterocycles. The van der Waals surface area contributed by atoms with E-state index < -0.39 is 23.6 Å². The molecule has 1 heterocycles. The van der Waals surface area contributed by atoms with Crippen molar-refractivity contribution in [3.63, 3.8) is 0 Å². The highest BCUT2D eigenvalue weighted by Gasteiger charge is 2.29. The molecule has 0 aliphatic carbocycles. The van der Waals surface area contributed by atoms with Crippen LogP contribution in [0.3, 0.4) is 0 Å². The Kier molecular flexibility index (Phi) is 4.49. The highest BCUT2D eigenvalue weighted by atomic mass is 19.1. The van der Waals surface area contributed by atoms with E-state index in [-0.39, 0.29) is 25.1 Å². The molecule has 2 aromatic rings. The third-order valence-corrected chi connectivity index (χ3v) is 4.25. The number of ether oxygens (including phenoxy) is 1. The van der Waals surface area contributed by atoms with Crippen molar-refractivity contribution in [2.75, 3.05) is 13.7 Å². The van der Waals surface area contributed by atoms with Crippen molar-refractivity contribution in [3.05, 3.63) is 64.7 Å². The fraction of sp³-hybridized carbons (Fsp3) is 0.278. The number of amides is 1. The Balaban J connectivity index is 1.82. The first-order valence-corrected chi connectivity index (χ1v) is 7.58. The molecule has 1 atom stereocenters. The van der Waals surface area contributed by atoms with Gasteiger partial charge in [0, 0.05) is 18.7 Å². The molecule has 0 saturated heterocycles. The summed E-state index contributed by atoms with van der Waals surface area (Å²) in [5, 5.41) is 10.3. The van der Waals surface area contributed by atoms with Crippen molar-refractivity contribution in [3.8, 4) is 5.75 Å². The van der Waals surface area contributed by atoms with Crippen LogP contribution in [0.1, 0.15) is 22.8 Å². The van der Waals surface area contributed by atoms with E-state index in [1.54, 1.807) is 24.3 Å². The summed E-state index contributed by atoms with van der Waals surface area (Å²) in [7, 11) is 1.49. The summed E-state index contributed by atoms with van der Waals surface area (Å²) < 4.78 is 32.8. The molecular formula is C18H17F2NO3. The lowest BCUT2D eigenvalue weighted by Gasteiger charge is -2.31. The number of carbonyl (C=O) groups is 1. The van der Waals surface area contributed by atoms with Gasteiger partial charge >= 0.3 is 0 Å². The Bertz CT molecular complexity index is 779. The highest BCUT2D eigenvalue weighted by molar-refractivity contribution is 5.82. The number of benzene rings is 2. The molecule has 2 aromatic carbocycles. The van der Waals surface area contributed by atoms with Crippen LogP contribution in [-0.2, 0) is 17.8 Å². The lowest BCUT2D eigenvalue weighted by molar-refractivity contribution is -0.141. The molecule has 126 valence electrons. The minimum absolute atomic E-state index is 0.0568. The first-order chi connectivity index (χ1) is 11.5. The lowest BCUT2D eigenvalue weighted by Crippen LogP contribution is -2.39. The van der Waals surface area contributed by atoms with Gasteiger partial charge < -0.3 is 14.7 Å². The molecule has 4 nitrogen and oxygen atoms in total. The van der Waals surface area contributed by atoms with E-state index in [0.29, 0.717) is 16.9 Å². The molecule has 1 unspecified atom stereocenters. The second-order valence-electron chi connectivity index (χ2n) is 5.68. The summed E-state index contributed by atoms with van der Waals surface area (Å²) in [6, 6.07) is 8.71. The molecule has 0 radical (unpaired) electrons. The van der Waals surface area contributed by atoms with Crippen LogP contribution in [0, 0.1) is 11.6 Å². The van der Waals surface area contributed by atoms with E-state index in [1.165, 1.54) is 12.0 Å². The minimum atomic E-state index is -1.38. The maximum atomic E-state index is 13.9. The second-order valence-corrected chi connectivity index (χ2v) is 5.68. The van der Waals surface area contributed by atoms with E-state index in [9.17, 15) is 18.7 Å². The van der Waals surface area contributed by atoms with Crippen molar-refractivity contribution in [1.82, 2.24) is 4.90 Å². The van der Waals surface area contributed by atoms with E-state index >= 15 is 0 Å². The Hall–Kier alpha value is -2.47. The minimum Gasteiger partial charge on any atom is -0.497 e. The van der Waals surface area contributed by atoms with E-state index in [4.69, 9.17) is 4.74 Å². The van der Waals surface area contributed by atoms with E-state index in [0.717, 1.165) is 12.1 Å². The van der Waals surface area contributed by atoms with Crippen LogP contribution in [0.4, 0.5) is 8.78 Å². The second kappa shape index (κ2) is 6.57. The number of hydrogen-bond acceptors (Lipinski definition) is 3.